The lowest BCUT2D eigenvalue weighted by molar-refractivity contribution is 0.340. The highest BCUT2D eigenvalue weighted by atomic mass is 16.5. The quantitative estimate of drug-likeness (QED) is 0.357. The Morgan fingerprint density at radius 1 is 0.829 bits per heavy atom. The van der Waals surface area contributed by atoms with E-state index < -0.39 is 0 Å². The average Bonchev–Trinajstić information content (AvgIpc) is 3.17. The van der Waals surface area contributed by atoms with E-state index >= 15 is 0 Å². The summed E-state index contributed by atoms with van der Waals surface area (Å²) in [6.45, 7) is 6.57. The molecule has 0 radical (unpaired) electrons. The first-order valence-electron chi connectivity index (χ1n) is 11.5. The molecule has 3 aromatic carbocycles. The third kappa shape index (κ3) is 3.44. The molecule has 0 aliphatic carbocycles. The molecule has 0 saturated carbocycles. The van der Waals surface area contributed by atoms with E-state index in [9.17, 15) is 4.79 Å². The molecule has 0 spiro atoms. The van der Waals surface area contributed by atoms with Crippen LogP contribution in [0.15, 0.2) is 77.9 Å². The number of nitrogens with zero attached hydrogens (tertiary/aromatic N) is 5. The van der Waals surface area contributed by atoms with E-state index in [0.717, 1.165) is 39.3 Å². The zero-order valence-corrected chi connectivity index (χ0v) is 19.7. The molecule has 172 valence electrons. The molecule has 7 nitrogen and oxygen atoms in total. The van der Waals surface area contributed by atoms with Gasteiger partial charge in [0.1, 0.15) is 23.0 Å². The molecule has 0 unspecified atom stereocenters. The van der Waals surface area contributed by atoms with E-state index in [0.29, 0.717) is 28.8 Å². The van der Waals surface area contributed by atoms with Crippen molar-refractivity contribution in [3.63, 3.8) is 0 Å². The summed E-state index contributed by atoms with van der Waals surface area (Å²) >= 11 is 0. The average molecular weight is 462 g/mol. The van der Waals surface area contributed by atoms with Crippen molar-refractivity contribution in [3.05, 3.63) is 94.5 Å². The number of aromatic nitrogens is 5. The Hall–Kier alpha value is -4.52. The zero-order chi connectivity index (χ0) is 24.1. The number of fused-ring (bicyclic) bond motifs is 4. The first kappa shape index (κ1) is 21.0. The van der Waals surface area contributed by atoms with Crippen LogP contribution in [0.2, 0.25) is 0 Å². The van der Waals surface area contributed by atoms with Crippen molar-refractivity contribution >= 4 is 33.2 Å². The summed E-state index contributed by atoms with van der Waals surface area (Å²) in [5, 5.41) is 0.439. The van der Waals surface area contributed by atoms with E-state index in [1.807, 2.05) is 86.0 Å². The van der Waals surface area contributed by atoms with Crippen LogP contribution in [0.5, 0.6) is 5.75 Å². The fraction of sp³-hybridized carbons (Fsp3) is 0.143. The number of para-hydroxylation sites is 2. The summed E-state index contributed by atoms with van der Waals surface area (Å²) in [4.78, 5) is 28.4. The summed E-state index contributed by atoms with van der Waals surface area (Å²) in [6.07, 6.45) is 1.59. The van der Waals surface area contributed by atoms with E-state index in [1.54, 1.807) is 10.9 Å². The Balaban J connectivity index is 1.71. The van der Waals surface area contributed by atoms with Crippen LogP contribution in [-0.4, -0.2) is 30.7 Å². The number of rotatable bonds is 4. The monoisotopic (exact) mass is 461 g/mol. The van der Waals surface area contributed by atoms with Crippen molar-refractivity contribution in [1.82, 2.24) is 24.1 Å². The summed E-state index contributed by atoms with van der Waals surface area (Å²) in [7, 11) is 0. The van der Waals surface area contributed by atoms with Gasteiger partial charge < -0.3 is 4.74 Å². The lowest BCUT2D eigenvalue weighted by atomic mass is 10.1. The third-order valence-corrected chi connectivity index (χ3v) is 6.05. The van der Waals surface area contributed by atoms with E-state index in [2.05, 4.69) is 6.07 Å². The second kappa shape index (κ2) is 8.06. The van der Waals surface area contributed by atoms with Gasteiger partial charge in [0.25, 0.3) is 5.56 Å². The molecule has 3 heterocycles. The largest absolute Gasteiger partial charge is 0.494 e. The van der Waals surface area contributed by atoms with E-state index in [4.69, 9.17) is 19.7 Å². The van der Waals surface area contributed by atoms with Crippen LogP contribution in [0, 0.1) is 13.8 Å². The van der Waals surface area contributed by atoms with Gasteiger partial charge in [-0.1, -0.05) is 18.2 Å². The van der Waals surface area contributed by atoms with Gasteiger partial charge in [0.05, 0.1) is 23.3 Å². The Bertz CT molecular complexity index is 1780. The van der Waals surface area contributed by atoms with Crippen molar-refractivity contribution in [2.45, 2.75) is 20.8 Å². The Morgan fingerprint density at radius 2 is 1.51 bits per heavy atom. The zero-order valence-electron chi connectivity index (χ0n) is 19.7. The second-order valence-corrected chi connectivity index (χ2v) is 8.61. The lowest BCUT2D eigenvalue weighted by Gasteiger charge is -2.10. The van der Waals surface area contributed by atoms with E-state index in [-0.39, 0.29) is 5.56 Å². The maximum atomic E-state index is 13.9. The molecule has 6 aromatic rings. The molecule has 0 aliphatic heterocycles. The smallest absolute Gasteiger partial charge is 0.269 e. The van der Waals surface area contributed by atoms with Crippen LogP contribution < -0.4 is 10.3 Å². The van der Waals surface area contributed by atoms with Crippen molar-refractivity contribution in [2.24, 2.45) is 0 Å². The van der Waals surface area contributed by atoms with Gasteiger partial charge >= 0.3 is 0 Å². The molecule has 0 aliphatic rings. The normalized spacial score (nSPS) is 11.5. The molecule has 6 rings (SSSR count). The van der Waals surface area contributed by atoms with E-state index in [1.165, 1.54) is 0 Å². The van der Waals surface area contributed by atoms with Crippen LogP contribution in [0.4, 0.5) is 0 Å². The topological polar surface area (TPSA) is 74.8 Å². The standard InChI is InChI=1S/C28H23N5O2/c1-4-35-21-11-9-19(10-12-21)33-26-24(25-27(33)31-23-8-6-5-7-22(23)30-25)28(34)32(16-29-26)20-14-17(2)13-18(3)15-20/h5-16H,4H2,1-3H3. The first-order valence-corrected chi connectivity index (χ1v) is 11.5. The van der Waals surface area contributed by atoms with Gasteiger partial charge in [-0.05, 0) is 80.4 Å². The minimum atomic E-state index is -0.181. The Kier molecular flexibility index (Phi) is 4.84. The van der Waals surface area contributed by atoms with Crippen molar-refractivity contribution in [1.29, 1.82) is 0 Å². The number of benzene rings is 3. The van der Waals surface area contributed by atoms with Gasteiger partial charge in [-0.25, -0.2) is 15.0 Å². The molecular weight excluding hydrogens is 438 g/mol. The molecule has 0 N–H and O–H groups in total. The molecule has 0 bridgehead atoms. The molecular formula is C28H23N5O2. The highest BCUT2D eigenvalue weighted by Gasteiger charge is 2.21. The summed E-state index contributed by atoms with van der Waals surface area (Å²) in [6, 6.07) is 21.4. The minimum Gasteiger partial charge on any atom is -0.494 e. The second-order valence-electron chi connectivity index (χ2n) is 8.61. The van der Waals surface area contributed by atoms with Crippen molar-refractivity contribution in [2.75, 3.05) is 6.61 Å². The van der Waals surface area contributed by atoms with Crippen LogP contribution in [0.1, 0.15) is 18.1 Å². The maximum absolute atomic E-state index is 13.9. The first-order chi connectivity index (χ1) is 17.0. The van der Waals surface area contributed by atoms with Gasteiger partial charge in [-0.15, -0.1) is 0 Å². The van der Waals surface area contributed by atoms with Gasteiger partial charge in [-0.3, -0.25) is 13.9 Å². The maximum Gasteiger partial charge on any atom is 0.269 e. The van der Waals surface area contributed by atoms with Crippen molar-refractivity contribution < 1.29 is 4.74 Å². The number of hydrogen-bond donors (Lipinski definition) is 0. The number of aryl methyl sites for hydroxylation is 2. The predicted molar refractivity (Wildman–Crippen MR) is 138 cm³/mol. The van der Waals surface area contributed by atoms with Crippen LogP contribution in [0.25, 0.3) is 44.6 Å². The Labute approximate surface area is 201 Å². The summed E-state index contributed by atoms with van der Waals surface area (Å²) in [5.41, 5.74) is 6.70. The fourth-order valence-corrected chi connectivity index (χ4v) is 4.61. The van der Waals surface area contributed by atoms with Gasteiger partial charge in [0.2, 0.25) is 0 Å². The van der Waals surface area contributed by atoms with Crippen LogP contribution in [0.3, 0.4) is 0 Å². The van der Waals surface area contributed by atoms with Crippen LogP contribution in [-0.2, 0) is 0 Å². The lowest BCUT2D eigenvalue weighted by Crippen LogP contribution is -2.19. The molecule has 0 fully saturated rings. The summed E-state index contributed by atoms with van der Waals surface area (Å²) in [5.74, 6) is 0.777. The molecule has 0 atom stereocenters. The van der Waals surface area contributed by atoms with Crippen molar-refractivity contribution in [3.8, 4) is 17.1 Å². The highest BCUT2D eigenvalue weighted by Crippen LogP contribution is 2.29. The SMILES string of the molecule is CCOc1ccc(-n2c3nc4ccccc4nc3c3c(=O)n(-c4cc(C)cc(C)c4)cnc32)cc1. The van der Waals surface area contributed by atoms with Gasteiger partial charge in [0, 0.05) is 5.69 Å². The summed E-state index contributed by atoms with van der Waals surface area (Å²) < 4.78 is 9.09. The molecule has 7 heteroatoms. The van der Waals surface area contributed by atoms with Gasteiger partial charge in [-0.2, -0.15) is 0 Å². The number of hydrogen-bond acceptors (Lipinski definition) is 5. The molecule has 0 amide bonds. The van der Waals surface area contributed by atoms with Gasteiger partial charge in [0.15, 0.2) is 11.3 Å². The fourth-order valence-electron chi connectivity index (χ4n) is 4.61. The third-order valence-electron chi connectivity index (χ3n) is 6.05. The van der Waals surface area contributed by atoms with Crippen LogP contribution >= 0.6 is 0 Å². The predicted octanol–water partition coefficient (Wildman–Crippen LogP) is 5.29. The molecule has 3 aromatic heterocycles. The molecule has 35 heavy (non-hydrogen) atoms. The minimum absolute atomic E-state index is 0.181. The highest BCUT2D eigenvalue weighted by molar-refractivity contribution is 6.05. The molecule has 0 saturated heterocycles. The Morgan fingerprint density at radius 3 is 2.20 bits per heavy atom. The number of ether oxygens (including phenoxy) is 1.